The number of benzene rings is 3. The van der Waals surface area contributed by atoms with E-state index in [-0.39, 0.29) is 0 Å². The Morgan fingerprint density at radius 2 is 1.23 bits per heavy atom. The van der Waals surface area contributed by atoms with Crippen LogP contribution in [-0.2, 0) is 6.54 Å². The lowest BCUT2D eigenvalue weighted by Gasteiger charge is -2.13. The van der Waals surface area contributed by atoms with Crippen LogP contribution in [0.4, 0.5) is 0 Å². The van der Waals surface area contributed by atoms with Crippen molar-refractivity contribution in [2.24, 2.45) is 4.99 Å². The van der Waals surface area contributed by atoms with E-state index in [9.17, 15) is 0 Å². The molecule has 26 heavy (non-hydrogen) atoms. The van der Waals surface area contributed by atoms with E-state index in [0.717, 1.165) is 5.56 Å². The minimum absolute atomic E-state index is 0.543. The Labute approximate surface area is 160 Å². The van der Waals surface area contributed by atoms with Crippen LogP contribution in [0.3, 0.4) is 0 Å². The maximum atomic E-state index is 6.38. The topological polar surface area (TPSA) is 12.4 Å². The van der Waals surface area contributed by atoms with E-state index in [2.05, 4.69) is 67.4 Å². The summed E-state index contributed by atoms with van der Waals surface area (Å²) in [4.78, 5) is 4.60. The molecule has 130 valence electrons. The highest BCUT2D eigenvalue weighted by Crippen LogP contribution is 2.28. The fourth-order valence-electron chi connectivity index (χ4n) is 2.95. The van der Waals surface area contributed by atoms with Crippen molar-refractivity contribution in [3.8, 4) is 0 Å². The first kappa shape index (κ1) is 18.2. The standard InChI is InChI=1S/C24H22ClN/c1-18(20-11-5-3-6-12-20)19(2)23-16-10-9-15-22(23)17-26-24(25)21-13-7-4-8-14-21/h3-16H,17H2,1-2H3/b19-18+,26-24?. The summed E-state index contributed by atoms with van der Waals surface area (Å²) in [5.41, 5.74) is 7.11. The van der Waals surface area contributed by atoms with Crippen LogP contribution in [0.2, 0.25) is 0 Å². The minimum Gasteiger partial charge on any atom is -0.268 e. The maximum Gasteiger partial charge on any atom is 0.131 e. The van der Waals surface area contributed by atoms with E-state index < -0.39 is 0 Å². The van der Waals surface area contributed by atoms with Gasteiger partial charge in [-0.3, -0.25) is 4.99 Å². The normalized spacial score (nSPS) is 12.7. The van der Waals surface area contributed by atoms with E-state index in [4.69, 9.17) is 11.6 Å². The summed E-state index contributed by atoms with van der Waals surface area (Å²) in [5.74, 6) is 0. The molecule has 2 heteroatoms. The van der Waals surface area contributed by atoms with Gasteiger partial charge in [0, 0.05) is 5.56 Å². The summed E-state index contributed by atoms with van der Waals surface area (Å²) < 4.78 is 0. The number of rotatable bonds is 5. The molecular formula is C24H22ClN. The van der Waals surface area contributed by atoms with Gasteiger partial charge in [0.25, 0.3) is 0 Å². The second-order valence-corrected chi connectivity index (χ2v) is 6.60. The third-order valence-corrected chi connectivity index (χ3v) is 4.93. The van der Waals surface area contributed by atoms with E-state index in [1.807, 2.05) is 36.4 Å². The number of aliphatic imine (C=N–C) groups is 1. The summed E-state index contributed by atoms with van der Waals surface area (Å²) >= 11 is 6.38. The Balaban J connectivity index is 1.92. The molecule has 0 radical (unpaired) electrons. The van der Waals surface area contributed by atoms with Crippen molar-refractivity contribution in [1.82, 2.24) is 0 Å². The Morgan fingerprint density at radius 3 is 1.88 bits per heavy atom. The van der Waals surface area contributed by atoms with Crippen molar-refractivity contribution in [3.63, 3.8) is 0 Å². The first-order valence-electron chi connectivity index (χ1n) is 8.73. The molecule has 0 saturated heterocycles. The van der Waals surface area contributed by atoms with Crippen molar-refractivity contribution in [2.45, 2.75) is 20.4 Å². The Bertz CT molecular complexity index is 925. The number of hydrogen-bond acceptors (Lipinski definition) is 1. The highest BCUT2D eigenvalue weighted by atomic mass is 35.5. The number of halogens is 1. The summed E-state index contributed by atoms with van der Waals surface area (Å²) in [7, 11) is 0. The lowest BCUT2D eigenvalue weighted by atomic mass is 9.94. The molecule has 3 rings (SSSR count). The molecule has 0 N–H and O–H groups in total. The molecule has 0 amide bonds. The van der Waals surface area contributed by atoms with E-state index in [1.54, 1.807) is 0 Å². The molecule has 0 spiro atoms. The molecule has 0 bridgehead atoms. The van der Waals surface area contributed by atoms with Crippen LogP contribution < -0.4 is 0 Å². The molecular weight excluding hydrogens is 338 g/mol. The lowest BCUT2D eigenvalue weighted by Crippen LogP contribution is -1.96. The Kier molecular flexibility index (Phi) is 6.04. The van der Waals surface area contributed by atoms with Gasteiger partial charge in [-0.05, 0) is 41.7 Å². The predicted molar refractivity (Wildman–Crippen MR) is 114 cm³/mol. The van der Waals surface area contributed by atoms with Gasteiger partial charge in [0.2, 0.25) is 0 Å². The van der Waals surface area contributed by atoms with E-state index in [0.29, 0.717) is 11.7 Å². The van der Waals surface area contributed by atoms with Gasteiger partial charge in [0.1, 0.15) is 5.17 Å². The van der Waals surface area contributed by atoms with E-state index in [1.165, 1.54) is 27.8 Å². The third kappa shape index (κ3) is 4.30. The zero-order chi connectivity index (χ0) is 18.4. The molecule has 0 unspecified atom stereocenters. The molecule has 0 aliphatic heterocycles. The van der Waals surface area contributed by atoms with Gasteiger partial charge < -0.3 is 0 Å². The SMILES string of the molecule is C/C(=C(/C)c1ccccc1CN=C(Cl)c1ccccc1)c1ccccc1. The third-order valence-electron chi connectivity index (χ3n) is 4.59. The highest BCUT2D eigenvalue weighted by Gasteiger charge is 2.08. The molecule has 0 heterocycles. The molecule has 1 nitrogen and oxygen atoms in total. The fraction of sp³-hybridized carbons (Fsp3) is 0.125. The van der Waals surface area contributed by atoms with Crippen molar-refractivity contribution >= 4 is 27.9 Å². The predicted octanol–water partition coefficient (Wildman–Crippen LogP) is 6.82. The second-order valence-electron chi connectivity index (χ2n) is 6.25. The van der Waals surface area contributed by atoms with Crippen LogP contribution in [0.15, 0.2) is 89.9 Å². The summed E-state index contributed by atoms with van der Waals surface area (Å²) in [6.07, 6.45) is 0. The van der Waals surface area contributed by atoms with Crippen LogP contribution >= 0.6 is 11.6 Å². The Morgan fingerprint density at radius 1 is 0.692 bits per heavy atom. The smallest absolute Gasteiger partial charge is 0.131 e. The van der Waals surface area contributed by atoms with Crippen molar-refractivity contribution < 1.29 is 0 Å². The molecule has 0 aliphatic carbocycles. The number of nitrogens with zero attached hydrogens (tertiary/aromatic N) is 1. The first-order valence-corrected chi connectivity index (χ1v) is 9.11. The highest BCUT2D eigenvalue weighted by molar-refractivity contribution is 6.69. The summed E-state index contributed by atoms with van der Waals surface area (Å²) in [5, 5.41) is 0.543. The van der Waals surface area contributed by atoms with Crippen LogP contribution in [0.5, 0.6) is 0 Å². The Hall–Kier alpha value is -2.64. The molecule has 0 fully saturated rings. The van der Waals surface area contributed by atoms with Crippen LogP contribution in [-0.4, -0.2) is 5.17 Å². The summed E-state index contributed by atoms with van der Waals surface area (Å²) in [6.45, 7) is 4.90. The van der Waals surface area contributed by atoms with Crippen LogP contribution in [0.1, 0.15) is 36.1 Å². The maximum absolute atomic E-state index is 6.38. The van der Waals surface area contributed by atoms with Gasteiger partial charge in [-0.2, -0.15) is 0 Å². The fourth-order valence-corrected chi connectivity index (χ4v) is 3.14. The van der Waals surface area contributed by atoms with Crippen molar-refractivity contribution in [2.75, 3.05) is 0 Å². The molecule has 3 aromatic carbocycles. The second kappa shape index (κ2) is 8.64. The van der Waals surface area contributed by atoms with E-state index >= 15 is 0 Å². The summed E-state index contributed by atoms with van der Waals surface area (Å²) in [6, 6.07) is 28.7. The average molecular weight is 360 g/mol. The molecule has 0 saturated carbocycles. The largest absolute Gasteiger partial charge is 0.268 e. The number of hydrogen-bond donors (Lipinski definition) is 0. The van der Waals surface area contributed by atoms with Gasteiger partial charge in [0.15, 0.2) is 0 Å². The zero-order valence-electron chi connectivity index (χ0n) is 15.1. The lowest BCUT2D eigenvalue weighted by molar-refractivity contribution is 1.06. The quantitative estimate of drug-likeness (QED) is 0.350. The molecule has 0 aliphatic rings. The molecule has 3 aromatic rings. The van der Waals surface area contributed by atoms with Gasteiger partial charge in [-0.15, -0.1) is 0 Å². The minimum atomic E-state index is 0.543. The van der Waals surface area contributed by atoms with Crippen LogP contribution in [0.25, 0.3) is 11.1 Å². The van der Waals surface area contributed by atoms with Crippen LogP contribution in [0, 0.1) is 0 Å². The van der Waals surface area contributed by atoms with Gasteiger partial charge in [-0.25, -0.2) is 0 Å². The first-order chi connectivity index (χ1) is 12.7. The van der Waals surface area contributed by atoms with Crippen molar-refractivity contribution in [3.05, 3.63) is 107 Å². The molecule has 0 aromatic heterocycles. The average Bonchev–Trinajstić information content (AvgIpc) is 2.72. The zero-order valence-corrected chi connectivity index (χ0v) is 15.9. The number of allylic oxidation sites excluding steroid dienone is 2. The molecule has 0 atom stereocenters. The van der Waals surface area contributed by atoms with Crippen molar-refractivity contribution in [1.29, 1.82) is 0 Å². The van der Waals surface area contributed by atoms with Gasteiger partial charge in [-0.1, -0.05) is 96.5 Å². The van der Waals surface area contributed by atoms with Gasteiger partial charge in [0.05, 0.1) is 6.54 Å². The van der Waals surface area contributed by atoms with Gasteiger partial charge >= 0.3 is 0 Å². The monoisotopic (exact) mass is 359 g/mol.